The number of nitrogens with one attached hydrogen (secondary N) is 1. The molecule has 4 rings (SSSR count). The van der Waals surface area contributed by atoms with Gasteiger partial charge in [0, 0.05) is 6.54 Å². The van der Waals surface area contributed by atoms with Crippen LogP contribution in [0.25, 0.3) is 5.69 Å². The van der Waals surface area contributed by atoms with Crippen LogP contribution in [0.5, 0.6) is 0 Å². The predicted molar refractivity (Wildman–Crippen MR) is 105 cm³/mol. The molecule has 1 aliphatic carbocycles. The first-order valence-electron chi connectivity index (χ1n) is 9.14. The number of rotatable bonds is 6. The molecule has 1 aromatic heterocycles. The van der Waals surface area contributed by atoms with Gasteiger partial charge in [-0.1, -0.05) is 54.2 Å². The predicted octanol–water partition coefficient (Wildman–Crippen LogP) is 2.95. The SMILES string of the molecule is O=C(CSc1nnnn1-c1cccc2c1CCCC2)NCc1ccccc1. The number of amides is 1. The van der Waals surface area contributed by atoms with E-state index in [1.54, 1.807) is 4.68 Å². The Morgan fingerprint density at radius 3 is 2.81 bits per heavy atom. The van der Waals surface area contributed by atoms with Crippen molar-refractivity contribution >= 4 is 17.7 Å². The number of aryl methyl sites for hydroxylation is 1. The molecule has 1 N–H and O–H groups in total. The maximum atomic E-state index is 12.2. The van der Waals surface area contributed by atoms with Gasteiger partial charge in [0.25, 0.3) is 0 Å². The molecular formula is C20H21N5OS. The van der Waals surface area contributed by atoms with Crippen LogP contribution in [-0.2, 0) is 24.2 Å². The van der Waals surface area contributed by atoms with E-state index in [9.17, 15) is 4.79 Å². The molecule has 0 radical (unpaired) electrons. The number of hydrogen-bond acceptors (Lipinski definition) is 5. The van der Waals surface area contributed by atoms with Gasteiger partial charge in [0.1, 0.15) is 0 Å². The second-order valence-corrected chi connectivity index (χ2v) is 7.49. The largest absolute Gasteiger partial charge is 0.351 e. The van der Waals surface area contributed by atoms with Crippen LogP contribution in [0.1, 0.15) is 29.5 Å². The average Bonchev–Trinajstić information content (AvgIpc) is 3.19. The van der Waals surface area contributed by atoms with Crippen molar-refractivity contribution in [3.8, 4) is 5.69 Å². The van der Waals surface area contributed by atoms with Gasteiger partial charge in [-0.25, -0.2) is 0 Å². The molecule has 6 nitrogen and oxygen atoms in total. The van der Waals surface area contributed by atoms with Crippen molar-refractivity contribution in [3.63, 3.8) is 0 Å². The second kappa shape index (κ2) is 8.35. The van der Waals surface area contributed by atoms with E-state index in [4.69, 9.17) is 0 Å². The van der Waals surface area contributed by atoms with Crippen molar-refractivity contribution < 1.29 is 4.79 Å². The summed E-state index contributed by atoms with van der Waals surface area (Å²) in [6, 6.07) is 16.2. The molecular weight excluding hydrogens is 358 g/mol. The lowest BCUT2D eigenvalue weighted by Crippen LogP contribution is -2.24. The van der Waals surface area contributed by atoms with Gasteiger partial charge in [-0.3, -0.25) is 4.79 Å². The van der Waals surface area contributed by atoms with Crippen LogP contribution in [0.2, 0.25) is 0 Å². The third kappa shape index (κ3) is 4.19. The summed E-state index contributed by atoms with van der Waals surface area (Å²) in [6.45, 7) is 0.525. The Kier molecular flexibility index (Phi) is 5.48. The summed E-state index contributed by atoms with van der Waals surface area (Å²) >= 11 is 1.36. The quantitative estimate of drug-likeness (QED) is 0.667. The standard InChI is InChI=1S/C20H21N5OS/c26-19(21-13-15-7-2-1-3-8-15)14-27-20-22-23-24-25(20)18-12-6-10-16-9-4-5-11-17(16)18/h1-3,6-8,10,12H,4-5,9,11,13-14H2,(H,21,26). The van der Waals surface area contributed by atoms with Gasteiger partial charge >= 0.3 is 0 Å². The van der Waals surface area contributed by atoms with E-state index in [0.29, 0.717) is 11.7 Å². The molecule has 138 valence electrons. The lowest BCUT2D eigenvalue weighted by atomic mass is 9.90. The van der Waals surface area contributed by atoms with Gasteiger partial charge in [0.15, 0.2) is 0 Å². The van der Waals surface area contributed by atoms with Gasteiger partial charge in [0.2, 0.25) is 11.1 Å². The van der Waals surface area contributed by atoms with Crippen molar-refractivity contribution in [2.45, 2.75) is 37.4 Å². The topological polar surface area (TPSA) is 72.7 Å². The van der Waals surface area contributed by atoms with Crippen LogP contribution in [0.4, 0.5) is 0 Å². The third-order valence-electron chi connectivity index (χ3n) is 4.71. The molecule has 0 spiro atoms. The Labute approximate surface area is 162 Å². The molecule has 0 bridgehead atoms. The number of hydrogen-bond donors (Lipinski definition) is 1. The lowest BCUT2D eigenvalue weighted by Gasteiger charge is -2.19. The minimum absolute atomic E-state index is 0.0338. The van der Waals surface area contributed by atoms with Crippen LogP contribution in [-0.4, -0.2) is 31.9 Å². The highest BCUT2D eigenvalue weighted by molar-refractivity contribution is 7.99. The summed E-state index contributed by atoms with van der Waals surface area (Å²) in [5.74, 6) is 0.246. The zero-order valence-corrected chi connectivity index (χ0v) is 15.8. The van der Waals surface area contributed by atoms with Gasteiger partial charge in [-0.05, 0) is 58.9 Å². The number of carbonyl (C=O) groups excluding carboxylic acids is 1. The smallest absolute Gasteiger partial charge is 0.230 e. The summed E-state index contributed by atoms with van der Waals surface area (Å²) in [7, 11) is 0. The summed E-state index contributed by atoms with van der Waals surface area (Å²) in [5, 5.41) is 15.7. The van der Waals surface area contributed by atoms with Gasteiger partial charge < -0.3 is 5.32 Å². The molecule has 27 heavy (non-hydrogen) atoms. The first-order valence-corrected chi connectivity index (χ1v) is 10.1. The Morgan fingerprint density at radius 1 is 1.07 bits per heavy atom. The first-order chi connectivity index (χ1) is 13.3. The maximum Gasteiger partial charge on any atom is 0.230 e. The molecule has 3 aromatic rings. The van der Waals surface area contributed by atoms with Crippen LogP contribution in [0.3, 0.4) is 0 Å². The molecule has 7 heteroatoms. The van der Waals surface area contributed by atoms with Crippen LogP contribution in [0.15, 0.2) is 53.7 Å². The Balaban J connectivity index is 1.42. The number of carbonyl (C=O) groups is 1. The number of fused-ring (bicyclic) bond motifs is 1. The average molecular weight is 379 g/mol. The second-order valence-electron chi connectivity index (χ2n) is 6.55. The monoisotopic (exact) mass is 379 g/mol. The van der Waals surface area contributed by atoms with Crippen LogP contribution < -0.4 is 5.32 Å². The van der Waals surface area contributed by atoms with Crippen molar-refractivity contribution in [1.82, 2.24) is 25.5 Å². The number of aromatic nitrogens is 4. The minimum Gasteiger partial charge on any atom is -0.351 e. The Morgan fingerprint density at radius 2 is 1.93 bits per heavy atom. The molecule has 0 aliphatic heterocycles. The van der Waals surface area contributed by atoms with Gasteiger partial charge in [-0.2, -0.15) is 4.68 Å². The van der Waals surface area contributed by atoms with Gasteiger partial charge in [-0.15, -0.1) is 5.10 Å². The minimum atomic E-state index is -0.0338. The molecule has 0 fully saturated rings. The summed E-state index contributed by atoms with van der Waals surface area (Å²) in [4.78, 5) is 12.2. The van der Waals surface area contributed by atoms with E-state index >= 15 is 0 Å². The number of tetrazole rings is 1. The highest BCUT2D eigenvalue weighted by Crippen LogP contribution is 2.28. The molecule has 1 aliphatic rings. The summed E-state index contributed by atoms with van der Waals surface area (Å²) in [6.07, 6.45) is 4.58. The highest BCUT2D eigenvalue weighted by Gasteiger charge is 2.18. The molecule has 0 saturated carbocycles. The van der Waals surface area contributed by atoms with E-state index < -0.39 is 0 Å². The normalized spacial score (nSPS) is 13.2. The lowest BCUT2D eigenvalue weighted by molar-refractivity contribution is -0.118. The molecule has 0 saturated heterocycles. The fraction of sp³-hybridized carbons (Fsp3) is 0.300. The molecule has 0 atom stereocenters. The summed E-state index contributed by atoms with van der Waals surface area (Å²) in [5.41, 5.74) is 4.82. The molecule has 2 aromatic carbocycles. The number of benzene rings is 2. The number of thioether (sulfide) groups is 1. The van der Waals surface area contributed by atoms with Crippen molar-refractivity contribution in [2.75, 3.05) is 5.75 Å². The highest BCUT2D eigenvalue weighted by atomic mass is 32.2. The first kappa shape index (κ1) is 17.7. The van der Waals surface area contributed by atoms with Crippen LogP contribution >= 0.6 is 11.8 Å². The third-order valence-corrected chi connectivity index (χ3v) is 5.62. The fourth-order valence-electron chi connectivity index (χ4n) is 3.36. The Hall–Kier alpha value is -2.67. The van der Waals surface area contributed by atoms with Crippen LogP contribution in [0, 0.1) is 0 Å². The van der Waals surface area contributed by atoms with Crippen molar-refractivity contribution in [1.29, 1.82) is 0 Å². The Bertz CT molecular complexity index is 925. The van der Waals surface area contributed by atoms with Gasteiger partial charge in [0.05, 0.1) is 11.4 Å². The number of nitrogens with zero attached hydrogens (tertiary/aromatic N) is 4. The zero-order valence-electron chi connectivity index (χ0n) is 15.0. The zero-order chi connectivity index (χ0) is 18.5. The summed E-state index contributed by atoms with van der Waals surface area (Å²) < 4.78 is 1.76. The van der Waals surface area contributed by atoms with E-state index in [1.807, 2.05) is 30.3 Å². The maximum absolute atomic E-state index is 12.2. The molecule has 1 amide bonds. The van der Waals surface area contributed by atoms with Crippen molar-refractivity contribution in [2.24, 2.45) is 0 Å². The van der Waals surface area contributed by atoms with E-state index in [0.717, 1.165) is 24.1 Å². The van der Waals surface area contributed by atoms with E-state index in [-0.39, 0.29) is 11.7 Å². The van der Waals surface area contributed by atoms with E-state index in [1.165, 1.54) is 35.7 Å². The molecule has 0 unspecified atom stereocenters. The fourth-order valence-corrected chi connectivity index (χ4v) is 4.07. The van der Waals surface area contributed by atoms with E-state index in [2.05, 4.69) is 39.0 Å². The van der Waals surface area contributed by atoms with Crippen molar-refractivity contribution in [3.05, 3.63) is 65.2 Å². The molecule has 1 heterocycles.